The zero-order chi connectivity index (χ0) is 22.9. The topological polar surface area (TPSA) is 95.6 Å². The third-order valence-corrected chi connectivity index (χ3v) is 7.81. The van der Waals surface area contributed by atoms with Crippen LogP contribution in [-0.2, 0) is 26.0 Å². The van der Waals surface area contributed by atoms with E-state index in [9.17, 15) is 18.0 Å². The standard InChI is InChI=1S/C24H29N3O4S/c1-3-23(28)25-19-10-11-22(16(2)14-19)32(30,31)26-20-9-8-17-12-13-27(21(17)15-20)24(29)18-6-4-5-7-18/h8-11,14-15,18,26H,3-7,12-13H2,1-2H3,(H,25,28). The van der Waals surface area contributed by atoms with Crippen LogP contribution in [0.15, 0.2) is 41.3 Å². The maximum Gasteiger partial charge on any atom is 0.262 e. The SMILES string of the molecule is CCC(=O)Nc1ccc(S(=O)(=O)Nc2ccc3c(c2)N(C(=O)C2CCCC2)CC3)c(C)c1. The van der Waals surface area contributed by atoms with E-state index in [1.54, 1.807) is 38.1 Å². The van der Waals surface area contributed by atoms with Crippen molar-refractivity contribution in [3.8, 4) is 0 Å². The molecule has 2 amide bonds. The highest BCUT2D eigenvalue weighted by Crippen LogP contribution is 2.35. The molecule has 0 saturated heterocycles. The summed E-state index contributed by atoms with van der Waals surface area (Å²) >= 11 is 0. The summed E-state index contributed by atoms with van der Waals surface area (Å²) in [6.45, 7) is 4.09. The number of amides is 2. The number of sulfonamides is 1. The van der Waals surface area contributed by atoms with Crippen LogP contribution in [0.1, 0.15) is 50.2 Å². The fourth-order valence-corrected chi connectivity index (χ4v) is 5.83. The Labute approximate surface area is 189 Å². The third-order valence-electron chi connectivity index (χ3n) is 6.27. The molecule has 0 bridgehead atoms. The molecule has 0 aromatic heterocycles. The van der Waals surface area contributed by atoms with Crippen molar-refractivity contribution in [1.82, 2.24) is 0 Å². The molecule has 2 N–H and O–H groups in total. The summed E-state index contributed by atoms with van der Waals surface area (Å²) in [5, 5.41) is 2.74. The number of aryl methyl sites for hydroxylation is 1. The van der Waals surface area contributed by atoms with Crippen LogP contribution in [0.5, 0.6) is 0 Å². The zero-order valence-corrected chi connectivity index (χ0v) is 19.3. The van der Waals surface area contributed by atoms with E-state index in [2.05, 4.69) is 10.0 Å². The van der Waals surface area contributed by atoms with Crippen molar-refractivity contribution >= 4 is 38.9 Å². The quantitative estimate of drug-likeness (QED) is 0.682. The Morgan fingerprint density at radius 3 is 2.47 bits per heavy atom. The average molecular weight is 456 g/mol. The number of carbonyl (C=O) groups is 2. The molecule has 0 spiro atoms. The van der Waals surface area contributed by atoms with Crippen molar-refractivity contribution in [3.05, 3.63) is 47.5 Å². The van der Waals surface area contributed by atoms with Gasteiger partial charge >= 0.3 is 0 Å². The molecule has 1 fully saturated rings. The van der Waals surface area contributed by atoms with Crippen molar-refractivity contribution < 1.29 is 18.0 Å². The Hall–Kier alpha value is -2.87. The minimum atomic E-state index is -3.83. The molecule has 1 aliphatic carbocycles. The van der Waals surface area contributed by atoms with Crippen LogP contribution in [0, 0.1) is 12.8 Å². The molecule has 0 unspecified atom stereocenters. The molecule has 1 saturated carbocycles. The van der Waals surface area contributed by atoms with Gasteiger partial charge in [-0.2, -0.15) is 0 Å². The first-order chi connectivity index (χ1) is 15.3. The van der Waals surface area contributed by atoms with Gasteiger partial charge in [-0.25, -0.2) is 8.42 Å². The van der Waals surface area contributed by atoms with E-state index in [1.807, 2.05) is 11.0 Å². The lowest BCUT2D eigenvalue weighted by atomic mass is 10.1. The number of hydrogen-bond acceptors (Lipinski definition) is 4. The summed E-state index contributed by atoms with van der Waals surface area (Å²) in [5.41, 5.74) is 3.39. The van der Waals surface area contributed by atoms with Crippen LogP contribution < -0.4 is 14.9 Å². The summed E-state index contributed by atoms with van der Waals surface area (Å²) in [4.78, 5) is 26.5. The average Bonchev–Trinajstić information content (AvgIpc) is 3.43. The highest BCUT2D eigenvalue weighted by atomic mass is 32.2. The summed E-state index contributed by atoms with van der Waals surface area (Å²) < 4.78 is 28.8. The van der Waals surface area contributed by atoms with Crippen molar-refractivity contribution in [3.63, 3.8) is 0 Å². The number of hydrogen-bond donors (Lipinski definition) is 2. The fraction of sp³-hybridized carbons (Fsp3) is 0.417. The first kappa shape index (κ1) is 22.3. The van der Waals surface area contributed by atoms with E-state index in [0.717, 1.165) is 43.4 Å². The normalized spacial score (nSPS) is 16.1. The minimum Gasteiger partial charge on any atom is -0.326 e. The summed E-state index contributed by atoms with van der Waals surface area (Å²) in [6.07, 6.45) is 5.19. The van der Waals surface area contributed by atoms with Gasteiger partial charge in [-0.15, -0.1) is 0 Å². The maximum absolute atomic E-state index is 13.1. The first-order valence-electron chi connectivity index (χ1n) is 11.2. The monoisotopic (exact) mass is 455 g/mol. The largest absolute Gasteiger partial charge is 0.326 e. The molecule has 32 heavy (non-hydrogen) atoms. The molecule has 2 aromatic rings. The van der Waals surface area contributed by atoms with Crippen LogP contribution in [0.4, 0.5) is 17.1 Å². The van der Waals surface area contributed by atoms with Gasteiger partial charge in [0.2, 0.25) is 11.8 Å². The summed E-state index contributed by atoms with van der Waals surface area (Å²) in [6, 6.07) is 10.1. The Balaban J connectivity index is 1.55. The highest BCUT2D eigenvalue weighted by Gasteiger charge is 2.32. The van der Waals surface area contributed by atoms with Crippen LogP contribution in [0.2, 0.25) is 0 Å². The molecule has 1 aliphatic heterocycles. The lowest BCUT2D eigenvalue weighted by Crippen LogP contribution is -2.33. The van der Waals surface area contributed by atoms with E-state index in [1.165, 1.54) is 6.07 Å². The number of carbonyl (C=O) groups excluding carboxylic acids is 2. The molecule has 7 nitrogen and oxygen atoms in total. The van der Waals surface area contributed by atoms with E-state index in [4.69, 9.17) is 0 Å². The van der Waals surface area contributed by atoms with Gasteiger partial charge < -0.3 is 10.2 Å². The van der Waals surface area contributed by atoms with Crippen molar-refractivity contribution in [1.29, 1.82) is 0 Å². The molecule has 2 aliphatic rings. The van der Waals surface area contributed by atoms with Crippen LogP contribution in [0.3, 0.4) is 0 Å². The number of nitrogens with one attached hydrogen (secondary N) is 2. The van der Waals surface area contributed by atoms with Crippen molar-refractivity contribution in [2.45, 2.75) is 57.3 Å². The van der Waals surface area contributed by atoms with Crippen molar-refractivity contribution in [2.75, 3.05) is 21.5 Å². The van der Waals surface area contributed by atoms with Gasteiger partial charge in [-0.3, -0.25) is 14.3 Å². The Morgan fingerprint density at radius 2 is 1.78 bits per heavy atom. The van der Waals surface area contributed by atoms with Crippen LogP contribution in [0.25, 0.3) is 0 Å². The predicted octanol–water partition coefficient (Wildman–Crippen LogP) is 4.22. The number of benzene rings is 2. The second-order valence-electron chi connectivity index (χ2n) is 8.55. The van der Waals surface area contributed by atoms with Gasteiger partial charge in [0.05, 0.1) is 10.6 Å². The van der Waals surface area contributed by atoms with Gasteiger partial charge in [0.1, 0.15) is 0 Å². The van der Waals surface area contributed by atoms with Gasteiger partial charge in [0.15, 0.2) is 0 Å². The molecule has 170 valence electrons. The lowest BCUT2D eigenvalue weighted by molar-refractivity contribution is -0.122. The van der Waals surface area contributed by atoms with E-state index < -0.39 is 10.0 Å². The lowest BCUT2D eigenvalue weighted by Gasteiger charge is -2.22. The summed E-state index contributed by atoms with van der Waals surface area (Å²) in [7, 11) is -3.83. The number of fused-ring (bicyclic) bond motifs is 1. The molecule has 0 atom stereocenters. The van der Waals surface area contributed by atoms with E-state index in [0.29, 0.717) is 29.9 Å². The van der Waals surface area contributed by atoms with E-state index in [-0.39, 0.29) is 22.6 Å². The third kappa shape index (κ3) is 4.50. The zero-order valence-electron chi connectivity index (χ0n) is 18.5. The van der Waals surface area contributed by atoms with Crippen LogP contribution >= 0.6 is 0 Å². The molecule has 2 aromatic carbocycles. The molecule has 8 heteroatoms. The first-order valence-corrected chi connectivity index (χ1v) is 12.6. The molecular formula is C24H29N3O4S. The molecule has 0 radical (unpaired) electrons. The minimum absolute atomic E-state index is 0.0793. The Morgan fingerprint density at radius 1 is 1.06 bits per heavy atom. The van der Waals surface area contributed by atoms with Crippen LogP contribution in [-0.4, -0.2) is 26.8 Å². The van der Waals surface area contributed by atoms with Gasteiger partial charge in [0.25, 0.3) is 10.0 Å². The predicted molar refractivity (Wildman–Crippen MR) is 125 cm³/mol. The smallest absolute Gasteiger partial charge is 0.262 e. The molecular weight excluding hydrogens is 426 g/mol. The highest BCUT2D eigenvalue weighted by molar-refractivity contribution is 7.92. The Kier molecular flexibility index (Phi) is 6.24. The molecule has 4 rings (SSSR count). The van der Waals surface area contributed by atoms with Crippen molar-refractivity contribution in [2.24, 2.45) is 5.92 Å². The number of anilines is 3. The number of nitrogens with zero attached hydrogens (tertiary/aromatic N) is 1. The van der Waals surface area contributed by atoms with Gasteiger partial charge in [-0.1, -0.05) is 25.8 Å². The second-order valence-corrected chi connectivity index (χ2v) is 10.2. The van der Waals surface area contributed by atoms with E-state index >= 15 is 0 Å². The second kappa shape index (κ2) is 8.94. The summed E-state index contributed by atoms with van der Waals surface area (Å²) in [5.74, 6) is 0.102. The molecule has 1 heterocycles. The number of rotatable bonds is 6. The van der Waals surface area contributed by atoms with Gasteiger partial charge in [0, 0.05) is 30.3 Å². The van der Waals surface area contributed by atoms with Gasteiger partial charge in [-0.05, 0) is 67.6 Å². The fourth-order valence-electron chi connectivity index (χ4n) is 4.55. The maximum atomic E-state index is 13.1. The Bertz CT molecular complexity index is 1150.